The number of rotatable bonds is 5. The highest BCUT2D eigenvalue weighted by atomic mass is 16.3. The number of aliphatic hydroxyl groups is 1. The first-order valence-corrected chi connectivity index (χ1v) is 11.3. The quantitative estimate of drug-likeness (QED) is 0.799. The number of likely N-dealkylation sites (tertiary alicyclic amines) is 1. The molecule has 0 bridgehead atoms. The fraction of sp³-hybridized carbons (Fsp3) is 0.560. The van der Waals surface area contributed by atoms with Crippen LogP contribution in [-0.2, 0) is 10.4 Å². The van der Waals surface area contributed by atoms with E-state index in [0.717, 1.165) is 75.8 Å². The molecule has 4 rings (SSSR count). The number of amides is 1. The number of nitrogens with zero attached hydrogens (tertiary/aromatic N) is 1. The minimum Gasteiger partial charge on any atom is -0.380 e. The number of hydrogen-bond donors (Lipinski definition) is 2. The highest BCUT2D eigenvalue weighted by Crippen LogP contribution is 2.43. The summed E-state index contributed by atoms with van der Waals surface area (Å²) < 4.78 is 0. The lowest BCUT2D eigenvalue weighted by molar-refractivity contribution is -0.135. The van der Waals surface area contributed by atoms with E-state index in [1.165, 1.54) is 0 Å². The number of nitrogens with one attached hydrogen (secondary N) is 1. The van der Waals surface area contributed by atoms with Crippen LogP contribution in [0.4, 0.5) is 0 Å². The van der Waals surface area contributed by atoms with Gasteiger partial charge in [-0.1, -0.05) is 48.6 Å². The van der Waals surface area contributed by atoms with Crippen LogP contribution in [0, 0.1) is 11.8 Å². The van der Waals surface area contributed by atoms with E-state index in [4.69, 9.17) is 0 Å². The molecule has 29 heavy (non-hydrogen) atoms. The van der Waals surface area contributed by atoms with E-state index < -0.39 is 5.60 Å². The van der Waals surface area contributed by atoms with Crippen LogP contribution in [0.25, 0.3) is 0 Å². The van der Waals surface area contributed by atoms with Crippen molar-refractivity contribution in [1.29, 1.82) is 0 Å². The summed E-state index contributed by atoms with van der Waals surface area (Å²) in [6.07, 6.45) is 13.1. The van der Waals surface area contributed by atoms with Gasteiger partial charge in [-0.05, 0) is 74.6 Å². The zero-order valence-corrected chi connectivity index (χ0v) is 17.4. The largest absolute Gasteiger partial charge is 0.380 e. The Morgan fingerprint density at radius 1 is 1.07 bits per heavy atom. The summed E-state index contributed by atoms with van der Waals surface area (Å²) in [7, 11) is 0. The Bertz CT molecular complexity index is 743. The fourth-order valence-electron chi connectivity index (χ4n) is 5.23. The average Bonchev–Trinajstić information content (AvgIpc) is 2.80. The van der Waals surface area contributed by atoms with Crippen LogP contribution in [0.3, 0.4) is 0 Å². The van der Waals surface area contributed by atoms with Gasteiger partial charge in [0, 0.05) is 19.5 Å². The Balaban J connectivity index is 1.45. The second kappa shape index (κ2) is 9.27. The molecule has 1 aliphatic carbocycles. The summed E-state index contributed by atoms with van der Waals surface area (Å²) in [6.45, 7) is 3.57. The molecule has 0 aromatic heterocycles. The first-order valence-electron chi connectivity index (χ1n) is 11.3. The molecule has 1 atom stereocenters. The maximum Gasteiger partial charge on any atom is 0.222 e. The van der Waals surface area contributed by atoms with Gasteiger partial charge in [0.25, 0.3) is 0 Å². The SMILES string of the molecule is O=C(CC1CCNCC1)N1CCC(C(O)(C2=CCCC=C2)c2ccccc2)CC1. The second-order valence-corrected chi connectivity index (χ2v) is 8.82. The van der Waals surface area contributed by atoms with Crippen LogP contribution in [0.2, 0.25) is 0 Å². The second-order valence-electron chi connectivity index (χ2n) is 8.82. The van der Waals surface area contributed by atoms with Gasteiger partial charge in [0.2, 0.25) is 5.91 Å². The van der Waals surface area contributed by atoms with Crippen molar-refractivity contribution in [2.75, 3.05) is 26.2 Å². The van der Waals surface area contributed by atoms with Crippen LogP contribution in [0.15, 0.2) is 54.1 Å². The minimum atomic E-state index is -0.970. The number of carbonyl (C=O) groups excluding carboxylic acids is 1. The molecule has 4 heteroatoms. The standard InChI is InChI=1S/C25H34N2O2/c28-24(19-20-11-15-26-16-12-20)27-17-13-23(14-18-27)25(29,21-7-3-1-4-8-21)22-9-5-2-6-10-22/h1,3-5,7-10,20,23,26,29H,2,6,11-19H2. The van der Waals surface area contributed by atoms with Crippen molar-refractivity contribution in [3.63, 3.8) is 0 Å². The van der Waals surface area contributed by atoms with Crippen molar-refractivity contribution in [1.82, 2.24) is 10.2 Å². The molecule has 1 aromatic carbocycles. The lowest BCUT2D eigenvalue weighted by Crippen LogP contribution is -2.46. The van der Waals surface area contributed by atoms with Crippen LogP contribution in [0.5, 0.6) is 0 Å². The highest BCUT2D eigenvalue weighted by molar-refractivity contribution is 5.76. The number of benzene rings is 1. The van der Waals surface area contributed by atoms with E-state index in [2.05, 4.69) is 23.5 Å². The first kappa shape index (κ1) is 20.4. The number of allylic oxidation sites excluding steroid dienone is 2. The summed E-state index contributed by atoms with van der Waals surface area (Å²) in [5.41, 5.74) is 1.02. The molecular weight excluding hydrogens is 360 g/mol. The topological polar surface area (TPSA) is 52.6 Å². The van der Waals surface area contributed by atoms with Gasteiger partial charge < -0.3 is 15.3 Å². The Kier molecular flexibility index (Phi) is 6.51. The summed E-state index contributed by atoms with van der Waals surface area (Å²) in [4.78, 5) is 14.9. The monoisotopic (exact) mass is 394 g/mol. The Labute approximate surface area is 174 Å². The molecule has 0 radical (unpaired) electrons. The van der Waals surface area contributed by atoms with E-state index in [9.17, 15) is 9.90 Å². The molecule has 1 unspecified atom stereocenters. The van der Waals surface area contributed by atoms with Crippen LogP contribution < -0.4 is 5.32 Å². The van der Waals surface area contributed by atoms with E-state index in [-0.39, 0.29) is 5.92 Å². The maximum absolute atomic E-state index is 12.8. The normalized spacial score (nSPS) is 23.5. The first-order chi connectivity index (χ1) is 14.2. The predicted octanol–water partition coefficient (Wildman–Crippen LogP) is 3.78. The van der Waals surface area contributed by atoms with Gasteiger partial charge in [0.05, 0.1) is 0 Å². The summed E-state index contributed by atoms with van der Waals surface area (Å²) in [6, 6.07) is 10.1. The van der Waals surface area contributed by atoms with E-state index >= 15 is 0 Å². The van der Waals surface area contributed by atoms with Gasteiger partial charge in [-0.2, -0.15) is 0 Å². The number of carbonyl (C=O) groups is 1. The molecule has 0 saturated carbocycles. The molecule has 2 aliphatic heterocycles. The Hall–Kier alpha value is -1.91. The summed E-state index contributed by atoms with van der Waals surface area (Å²) >= 11 is 0. The molecule has 2 saturated heterocycles. The molecule has 2 heterocycles. The van der Waals surface area contributed by atoms with Gasteiger partial charge in [0.15, 0.2) is 0 Å². The van der Waals surface area contributed by atoms with Gasteiger partial charge in [-0.15, -0.1) is 0 Å². The molecular formula is C25H34N2O2. The van der Waals surface area contributed by atoms with Crippen molar-refractivity contribution in [2.45, 2.75) is 50.5 Å². The molecule has 0 spiro atoms. The van der Waals surface area contributed by atoms with Crippen molar-refractivity contribution < 1.29 is 9.90 Å². The molecule has 2 fully saturated rings. The third-order valence-corrected chi connectivity index (χ3v) is 7.01. The highest BCUT2D eigenvalue weighted by Gasteiger charge is 2.43. The third-order valence-electron chi connectivity index (χ3n) is 7.01. The Morgan fingerprint density at radius 3 is 2.45 bits per heavy atom. The van der Waals surface area contributed by atoms with E-state index in [1.54, 1.807) is 0 Å². The molecule has 2 N–H and O–H groups in total. The van der Waals surface area contributed by atoms with Crippen molar-refractivity contribution in [3.8, 4) is 0 Å². The van der Waals surface area contributed by atoms with Crippen molar-refractivity contribution in [3.05, 3.63) is 59.7 Å². The zero-order valence-electron chi connectivity index (χ0n) is 17.4. The molecule has 156 valence electrons. The predicted molar refractivity (Wildman–Crippen MR) is 116 cm³/mol. The molecule has 1 aromatic rings. The minimum absolute atomic E-state index is 0.127. The summed E-state index contributed by atoms with van der Waals surface area (Å²) in [5.74, 6) is 0.956. The zero-order chi connectivity index (χ0) is 20.1. The van der Waals surface area contributed by atoms with E-state index in [1.807, 2.05) is 35.2 Å². The van der Waals surface area contributed by atoms with Gasteiger partial charge in [0.1, 0.15) is 5.60 Å². The van der Waals surface area contributed by atoms with Crippen molar-refractivity contribution >= 4 is 5.91 Å². The molecule has 1 amide bonds. The smallest absolute Gasteiger partial charge is 0.222 e. The fourth-order valence-corrected chi connectivity index (χ4v) is 5.23. The maximum atomic E-state index is 12.8. The van der Waals surface area contributed by atoms with Gasteiger partial charge >= 0.3 is 0 Å². The lowest BCUT2D eigenvalue weighted by atomic mass is 9.70. The Morgan fingerprint density at radius 2 is 1.79 bits per heavy atom. The van der Waals surface area contributed by atoms with Crippen LogP contribution in [0.1, 0.15) is 50.5 Å². The van der Waals surface area contributed by atoms with Gasteiger partial charge in [-0.25, -0.2) is 0 Å². The third kappa shape index (κ3) is 4.49. The average molecular weight is 395 g/mol. The van der Waals surface area contributed by atoms with E-state index in [0.29, 0.717) is 18.2 Å². The number of piperidine rings is 2. The number of hydrogen-bond acceptors (Lipinski definition) is 3. The lowest BCUT2D eigenvalue weighted by Gasteiger charge is -2.43. The van der Waals surface area contributed by atoms with Crippen molar-refractivity contribution in [2.24, 2.45) is 11.8 Å². The molecule has 3 aliphatic rings. The van der Waals surface area contributed by atoms with Crippen LogP contribution >= 0.6 is 0 Å². The summed E-state index contributed by atoms with van der Waals surface area (Å²) in [5, 5.41) is 15.4. The van der Waals surface area contributed by atoms with Gasteiger partial charge in [-0.3, -0.25) is 4.79 Å². The molecule has 4 nitrogen and oxygen atoms in total. The van der Waals surface area contributed by atoms with Crippen LogP contribution in [-0.4, -0.2) is 42.1 Å².